The molecule has 1 fully saturated rings. The van der Waals surface area contributed by atoms with Crippen LogP contribution in [0.25, 0.3) is 0 Å². The smallest absolute Gasteiger partial charge is 0.379 e. The van der Waals surface area contributed by atoms with Gasteiger partial charge in [-0.15, -0.1) is 0 Å². The van der Waals surface area contributed by atoms with E-state index in [0.717, 1.165) is 12.8 Å². The van der Waals surface area contributed by atoms with E-state index in [2.05, 4.69) is 0 Å². The zero-order valence-corrected chi connectivity index (χ0v) is 10.3. The van der Waals surface area contributed by atoms with Gasteiger partial charge in [0.1, 0.15) is 0 Å². The quantitative estimate of drug-likeness (QED) is 0.545. The minimum absolute atomic E-state index is 0.0674. The predicted octanol–water partition coefficient (Wildman–Crippen LogP) is 1.59. The zero-order valence-electron chi connectivity index (χ0n) is 10.3. The molecule has 1 unspecified atom stereocenters. The van der Waals surface area contributed by atoms with Crippen LogP contribution in [0.4, 0.5) is 17.6 Å². The van der Waals surface area contributed by atoms with E-state index in [1.54, 1.807) is 5.32 Å². The number of hydrogen-bond acceptors (Lipinski definition) is 3. The monoisotopic (exact) mass is 287 g/mol. The van der Waals surface area contributed by atoms with Gasteiger partial charge in [0.15, 0.2) is 0 Å². The van der Waals surface area contributed by atoms with Crippen LogP contribution in [-0.2, 0) is 14.3 Å². The highest BCUT2D eigenvalue weighted by molar-refractivity contribution is 5.83. The fourth-order valence-corrected chi connectivity index (χ4v) is 1.58. The topological polar surface area (TPSA) is 47.6 Å². The highest BCUT2D eigenvalue weighted by atomic mass is 19.3. The van der Waals surface area contributed by atoms with Gasteiger partial charge in [0.05, 0.1) is 12.7 Å². The normalized spacial score (nSPS) is 19.9. The highest BCUT2D eigenvalue weighted by Gasteiger charge is 2.48. The molecule has 4 nitrogen and oxygen atoms in total. The average Bonchev–Trinajstić information content (AvgIpc) is 2.85. The van der Waals surface area contributed by atoms with E-state index in [1.165, 1.54) is 0 Å². The van der Waals surface area contributed by atoms with E-state index in [0.29, 0.717) is 13.2 Å². The maximum absolute atomic E-state index is 12.5. The molecule has 1 aliphatic heterocycles. The molecule has 1 aliphatic rings. The van der Waals surface area contributed by atoms with Crippen LogP contribution in [0.15, 0.2) is 0 Å². The lowest BCUT2D eigenvalue weighted by Crippen LogP contribution is -2.45. The van der Waals surface area contributed by atoms with Crippen molar-refractivity contribution in [1.29, 1.82) is 0 Å². The van der Waals surface area contributed by atoms with Gasteiger partial charge in [0.25, 0.3) is 5.91 Å². The first-order valence-electron chi connectivity index (χ1n) is 6.08. The molecule has 0 bridgehead atoms. The van der Waals surface area contributed by atoms with Crippen LogP contribution < -0.4 is 5.32 Å². The van der Waals surface area contributed by atoms with Crippen molar-refractivity contribution in [3.8, 4) is 0 Å². The van der Waals surface area contributed by atoms with Gasteiger partial charge in [-0.25, -0.2) is 8.78 Å². The average molecular weight is 287 g/mol. The van der Waals surface area contributed by atoms with E-state index < -0.39 is 18.3 Å². The van der Waals surface area contributed by atoms with Gasteiger partial charge in [-0.3, -0.25) is 4.79 Å². The third-order valence-corrected chi connectivity index (χ3v) is 2.66. The van der Waals surface area contributed by atoms with Crippen LogP contribution in [0.5, 0.6) is 0 Å². The largest absolute Gasteiger partial charge is 0.383 e. The van der Waals surface area contributed by atoms with Crippen molar-refractivity contribution < 1.29 is 31.8 Å². The number of rotatable bonds is 8. The van der Waals surface area contributed by atoms with E-state index in [4.69, 9.17) is 9.47 Å². The van der Waals surface area contributed by atoms with Crippen LogP contribution >= 0.6 is 0 Å². The number of alkyl halides is 4. The Morgan fingerprint density at radius 3 is 2.79 bits per heavy atom. The van der Waals surface area contributed by atoms with E-state index in [9.17, 15) is 22.4 Å². The zero-order chi connectivity index (χ0) is 14.3. The molecule has 1 atom stereocenters. The van der Waals surface area contributed by atoms with Gasteiger partial charge >= 0.3 is 12.3 Å². The Kier molecular flexibility index (Phi) is 6.50. The second-order valence-corrected chi connectivity index (χ2v) is 4.24. The van der Waals surface area contributed by atoms with Crippen LogP contribution in [0.3, 0.4) is 0 Å². The Balaban J connectivity index is 2.02. The maximum atomic E-state index is 12.5. The van der Waals surface area contributed by atoms with E-state index in [1.807, 2.05) is 0 Å². The van der Waals surface area contributed by atoms with Crippen molar-refractivity contribution in [3.05, 3.63) is 0 Å². The summed E-state index contributed by atoms with van der Waals surface area (Å²) in [4.78, 5) is 10.7. The standard InChI is InChI=1S/C11H17F4NO3/c12-9(13)11(14,15)10(17)16-4-2-5-18-7-8-3-1-6-19-8/h8-9H,1-7H2,(H,16,17). The summed E-state index contributed by atoms with van der Waals surface area (Å²) in [5, 5.41) is 1.75. The van der Waals surface area contributed by atoms with Crippen LogP contribution in [0.2, 0.25) is 0 Å². The number of carbonyl (C=O) groups excluding carboxylic acids is 1. The van der Waals surface area contributed by atoms with Crippen molar-refractivity contribution >= 4 is 5.91 Å². The molecule has 1 N–H and O–H groups in total. The molecular formula is C11H17F4NO3. The Bertz CT molecular complexity index is 283. The summed E-state index contributed by atoms with van der Waals surface area (Å²) in [7, 11) is 0. The maximum Gasteiger partial charge on any atom is 0.383 e. The summed E-state index contributed by atoms with van der Waals surface area (Å²) in [6.07, 6.45) is -1.73. The van der Waals surface area contributed by atoms with Crippen LogP contribution in [-0.4, -0.2) is 50.7 Å². The number of ether oxygens (including phenoxy) is 2. The van der Waals surface area contributed by atoms with Gasteiger partial charge in [-0.2, -0.15) is 8.78 Å². The summed E-state index contributed by atoms with van der Waals surface area (Å²) < 4.78 is 59.2. The van der Waals surface area contributed by atoms with Gasteiger partial charge < -0.3 is 14.8 Å². The van der Waals surface area contributed by atoms with Gasteiger partial charge in [-0.05, 0) is 19.3 Å². The van der Waals surface area contributed by atoms with Crippen molar-refractivity contribution in [2.45, 2.75) is 37.7 Å². The molecule has 0 saturated carbocycles. The first-order chi connectivity index (χ1) is 8.94. The molecule has 0 aromatic carbocycles. The minimum Gasteiger partial charge on any atom is -0.379 e. The van der Waals surface area contributed by atoms with Crippen molar-refractivity contribution in [2.24, 2.45) is 0 Å². The third-order valence-electron chi connectivity index (χ3n) is 2.66. The highest BCUT2D eigenvalue weighted by Crippen LogP contribution is 2.22. The summed E-state index contributed by atoms with van der Waals surface area (Å²) in [6.45, 7) is 1.25. The molecule has 19 heavy (non-hydrogen) atoms. The lowest BCUT2D eigenvalue weighted by molar-refractivity contribution is -0.169. The van der Waals surface area contributed by atoms with Gasteiger partial charge in [0, 0.05) is 19.8 Å². The summed E-state index contributed by atoms with van der Waals surface area (Å²) in [6, 6.07) is 0. The molecule has 0 aromatic rings. The Hall–Kier alpha value is -0.890. The van der Waals surface area contributed by atoms with Crippen molar-refractivity contribution in [3.63, 3.8) is 0 Å². The molecule has 0 spiro atoms. The summed E-state index contributed by atoms with van der Waals surface area (Å²) in [5.41, 5.74) is 0. The molecule has 0 aliphatic carbocycles. The fourth-order valence-electron chi connectivity index (χ4n) is 1.58. The molecule has 8 heteroatoms. The predicted molar refractivity (Wildman–Crippen MR) is 58.4 cm³/mol. The SMILES string of the molecule is O=C(NCCCOCC1CCCO1)C(F)(F)C(F)F. The summed E-state index contributed by atoms with van der Waals surface area (Å²) in [5.74, 6) is -6.60. The second-order valence-electron chi connectivity index (χ2n) is 4.24. The van der Waals surface area contributed by atoms with Crippen LogP contribution in [0.1, 0.15) is 19.3 Å². The van der Waals surface area contributed by atoms with Gasteiger partial charge in [0.2, 0.25) is 0 Å². The molecule has 1 amide bonds. The molecule has 112 valence electrons. The number of carbonyl (C=O) groups is 1. The van der Waals surface area contributed by atoms with Crippen molar-refractivity contribution in [1.82, 2.24) is 5.32 Å². The molecule has 0 aromatic heterocycles. The third kappa shape index (κ3) is 5.32. The Morgan fingerprint density at radius 1 is 1.47 bits per heavy atom. The molecular weight excluding hydrogens is 270 g/mol. The number of halogens is 4. The molecule has 1 saturated heterocycles. The van der Waals surface area contributed by atoms with Gasteiger partial charge in [-0.1, -0.05) is 0 Å². The minimum atomic E-state index is -4.64. The number of nitrogens with one attached hydrogen (secondary N) is 1. The number of amides is 1. The number of hydrogen-bond donors (Lipinski definition) is 1. The Labute approximate surface area is 108 Å². The van der Waals surface area contributed by atoms with Crippen LogP contribution in [0, 0.1) is 0 Å². The van der Waals surface area contributed by atoms with Crippen molar-refractivity contribution in [2.75, 3.05) is 26.4 Å². The Morgan fingerprint density at radius 2 is 2.21 bits per heavy atom. The fraction of sp³-hybridized carbons (Fsp3) is 0.909. The second kappa shape index (κ2) is 7.64. The molecule has 1 heterocycles. The first-order valence-corrected chi connectivity index (χ1v) is 6.08. The van der Waals surface area contributed by atoms with E-state index in [-0.39, 0.29) is 25.7 Å². The lowest BCUT2D eigenvalue weighted by atomic mass is 10.2. The lowest BCUT2D eigenvalue weighted by Gasteiger charge is -2.15. The summed E-state index contributed by atoms with van der Waals surface area (Å²) >= 11 is 0. The first kappa shape index (κ1) is 16.2. The molecule has 0 radical (unpaired) electrons. The molecule has 1 rings (SSSR count). The van der Waals surface area contributed by atoms with E-state index >= 15 is 0 Å².